The molecule has 0 amide bonds. The standard InChI is InChI=1S/C10H9ClO/c1-8(6-7-12)9-2-4-10(11)5-3-9/h2-5,7H,1,6H2. The first-order valence-electron chi connectivity index (χ1n) is 3.61. The van der Waals surface area contributed by atoms with Gasteiger partial charge in [-0.1, -0.05) is 30.3 Å². The second kappa shape index (κ2) is 4.07. The monoisotopic (exact) mass is 180 g/mol. The quantitative estimate of drug-likeness (QED) is 0.654. The summed E-state index contributed by atoms with van der Waals surface area (Å²) in [4.78, 5) is 10.2. The predicted octanol–water partition coefficient (Wildman–Crippen LogP) is 2.94. The van der Waals surface area contributed by atoms with E-state index >= 15 is 0 Å². The molecule has 0 aliphatic heterocycles. The Balaban J connectivity index is 2.82. The molecule has 0 N–H and O–H groups in total. The van der Waals surface area contributed by atoms with Crippen molar-refractivity contribution in [1.29, 1.82) is 0 Å². The van der Waals surface area contributed by atoms with Gasteiger partial charge in [0.05, 0.1) is 0 Å². The van der Waals surface area contributed by atoms with Crippen molar-refractivity contribution in [3.8, 4) is 0 Å². The lowest BCUT2D eigenvalue weighted by Gasteiger charge is -2.00. The molecule has 0 saturated heterocycles. The van der Waals surface area contributed by atoms with Gasteiger partial charge in [0.15, 0.2) is 0 Å². The lowest BCUT2D eigenvalue weighted by molar-refractivity contribution is -0.107. The van der Waals surface area contributed by atoms with Crippen molar-refractivity contribution >= 4 is 23.5 Å². The summed E-state index contributed by atoms with van der Waals surface area (Å²) in [7, 11) is 0. The van der Waals surface area contributed by atoms with Crippen LogP contribution in [0.25, 0.3) is 5.57 Å². The molecule has 0 radical (unpaired) electrons. The lowest BCUT2D eigenvalue weighted by atomic mass is 10.1. The Bertz CT molecular complexity index is 287. The Hall–Kier alpha value is -1.08. The van der Waals surface area contributed by atoms with E-state index in [0.717, 1.165) is 17.4 Å². The van der Waals surface area contributed by atoms with Crippen LogP contribution in [0.2, 0.25) is 5.02 Å². The Kier molecular flexibility index (Phi) is 3.06. The molecule has 0 saturated carbocycles. The summed E-state index contributed by atoms with van der Waals surface area (Å²) in [6, 6.07) is 7.28. The second-order valence-electron chi connectivity index (χ2n) is 2.48. The molecular weight excluding hydrogens is 172 g/mol. The van der Waals surface area contributed by atoms with Gasteiger partial charge >= 0.3 is 0 Å². The van der Waals surface area contributed by atoms with Crippen molar-refractivity contribution in [3.63, 3.8) is 0 Å². The van der Waals surface area contributed by atoms with E-state index in [4.69, 9.17) is 11.6 Å². The maximum Gasteiger partial charge on any atom is 0.124 e. The topological polar surface area (TPSA) is 17.1 Å². The van der Waals surface area contributed by atoms with Crippen molar-refractivity contribution in [1.82, 2.24) is 0 Å². The number of rotatable bonds is 3. The minimum absolute atomic E-state index is 0.377. The molecule has 0 bridgehead atoms. The SMILES string of the molecule is C=C(CC=O)c1ccc(Cl)cc1. The van der Waals surface area contributed by atoms with E-state index in [2.05, 4.69) is 6.58 Å². The smallest absolute Gasteiger partial charge is 0.124 e. The fourth-order valence-corrected chi connectivity index (χ4v) is 1.03. The average molecular weight is 181 g/mol. The molecule has 0 heterocycles. The molecule has 2 heteroatoms. The van der Waals surface area contributed by atoms with Gasteiger partial charge in [-0.3, -0.25) is 0 Å². The zero-order valence-electron chi connectivity index (χ0n) is 6.59. The zero-order chi connectivity index (χ0) is 8.97. The van der Waals surface area contributed by atoms with E-state index in [1.807, 2.05) is 12.1 Å². The number of hydrogen-bond donors (Lipinski definition) is 0. The van der Waals surface area contributed by atoms with Crippen LogP contribution in [0.1, 0.15) is 12.0 Å². The van der Waals surface area contributed by atoms with E-state index in [1.165, 1.54) is 0 Å². The van der Waals surface area contributed by atoms with E-state index in [0.29, 0.717) is 11.4 Å². The van der Waals surface area contributed by atoms with Crippen molar-refractivity contribution in [3.05, 3.63) is 41.4 Å². The number of carbonyl (C=O) groups is 1. The molecule has 1 aromatic carbocycles. The van der Waals surface area contributed by atoms with E-state index in [9.17, 15) is 4.79 Å². The van der Waals surface area contributed by atoms with Crippen LogP contribution in [-0.4, -0.2) is 6.29 Å². The first kappa shape index (κ1) is 9.01. The minimum atomic E-state index is 0.377. The molecule has 1 aromatic rings. The minimum Gasteiger partial charge on any atom is -0.303 e. The highest BCUT2D eigenvalue weighted by Gasteiger charge is 1.96. The molecule has 12 heavy (non-hydrogen) atoms. The highest BCUT2D eigenvalue weighted by molar-refractivity contribution is 6.30. The first-order chi connectivity index (χ1) is 5.74. The second-order valence-corrected chi connectivity index (χ2v) is 2.92. The van der Waals surface area contributed by atoms with Crippen LogP contribution in [0.3, 0.4) is 0 Å². The highest BCUT2D eigenvalue weighted by Crippen LogP contribution is 2.17. The Morgan fingerprint density at radius 2 is 2.00 bits per heavy atom. The Morgan fingerprint density at radius 1 is 1.42 bits per heavy atom. The number of halogens is 1. The summed E-state index contributed by atoms with van der Waals surface area (Å²) in [6.45, 7) is 3.77. The van der Waals surface area contributed by atoms with Crippen LogP contribution in [0.15, 0.2) is 30.8 Å². The molecule has 0 aliphatic rings. The summed E-state index contributed by atoms with van der Waals surface area (Å²) in [5.41, 5.74) is 1.79. The Morgan fingerprint density at radius 3 is 2.50 bits per heavy atom. The first-order valence-corrected chi connectivity index (χ1v) is 3.99. The summed E-state index contributed by atoms with van der Waals surface area (Å²) in [5.74, 6) is 0. The summed E-state index contributed by atoms with van der Waals surface area (Å²) < 4.78 is 0. The van der Waals surface area contributed by atoms with Gasteiger partial charge in [-0.15, -0.1) is 0 Å². The van der Waals surface area contributed by atoms with Crippen LogP contribution in [0.5, 0.6) is 0 Å². The maximum absolute atomic E-state index is 10.2. The fourth-order valence-electron chi connectivity index (χ4n) is 0.904. The molecule has 1 rings (SSSR count). The van der Waals surface area contributed by atoms with Gasteiger partial charge < -0.3 is 4.79 Å². The van der Waals surface area contributed by atoms with E-state index in [1.54, 1.807) is 12.1 Å². The number of carbonyl (C=O) groups excluding carboxylic acids is 1. The van der Waals surface area contributed by atoms with Gasteiger partial charge in [0.2, 0.25) is 0 Å². The van der Waals surface area contributed by atoms with Crippen LogP contribution in [0, 0.1) is 0 Å². The predicted molar refractivity (Wildman–Crippen MR) is 51.2 cm³/mol. The fraction of sp³-hybridized carbons (Fsp3) is 0.100. The molecule has 0 aromatic heterocycles. The molecule has 62 valence electrons. The molecule has 1 nitrogen and oxygen atoms in total. The lowest BCUT2D eigenvalue weighted by Crippen LogP contribution is -1.82. The number of allylic oxidation sites excluding steroid dienone is 1. The summed E-state index contributed by atoms with van der Waals surface area (Å²) in [6.07, 6.45) is 1.22. The van der Waals surface area contributed by atoms with Crippen LogP contribution >= 0.6 is 11.6 Å². The van der Waals surface area contributed by atoms with Crippen LogP contribution in [-0.2, 0) is 4.79 Å². The van der Waals surface area contributed by atoms with Gasteiger partial charge in [0, 0.05) is 11.4 Å². The molecule has 0 atom stereocenters. The van der Waals surface area contributed by atoms with Crippen molar-refractivity contribution in [2.75, 3.05) is 0 Å². The van der Waals surface area contributed by atoms with Gasteiger partial charge in [0.1, 0.15) is 6.29 Å². The van der Waals surface area contributed by atoms with Crippen molar-refractivity contribution < 1.29 is 4.79 Å². The van der Waals surface area contributed by atoms with Crippen LogP contribution < -0.4 is 0 Å². The molecule has 0 aliphatic carbocycles. The molecule has 0 fully saturated rings. The average Bonchev–Trinajstić information content (AvgIpc) is 2.06. The van der Waals surface area contributed by atoms with Gasteiger partial charge in [0.25, 0.3) is 0 Å². The normalized spacial score (nSPS) is 9.42. The molecule has 0 spiro atoms. The van der Waals surface area contributed by atoms with Crippen molar-refractivity contribution in [2.45, 2.75) is 6.42 Å². The van der Waals surface area contributed by atoms with E-state index < -0.39 is 0 Å². The Labute approximate surface area is 76.7 Å². The largest absolute Gasteiger partial charge is 0.303 e. The van der Waals surface area contributed by atoms with Gasteiger partial charge in [-0.05, 0) is 23.3 Å². The third kappa shape index (κ3) is 2.21. The highest BCUT2D eigenvalue weighted by atomic mass is 35.5. The van der Waals surface area contributed by atoms with Crippen molar-refractivity contribution in [2.24, 2.45) is 0 Å². The molecule has 0 unspecified atom stereocenters. The van der Waals surface area contributed by atoms with Crippen LogP contribution in [0.4, 0.5) is 0 Å². The van der Waals surface area contributed by atoms with E-state index in [-0.39, 0.29) is 0 Å². The number of aldehydes is 1. The third-order valence-corrected chi connectivity index (χ3v) is 1.83. The van der Waals surface area contributed by atoms with Gasteiger partial charge in [-0.2, -0.15) is 0 Å². The molecular formula is C10H9ClO. The summed E-state index contributed by atoms with van der Waals surface area (Å²) in [5, 5.41) is 0.692. The number of benzene rings is 1. The van der Waals surface area contributed by atoms with Gasteiger partial charge in [-0.25, -0.2) is 0 Å². The zero-order valence-corrected chi connectivity index (χ0v) is 7.34. The third-order valence-electron chi connectivity index (χ3n) is 1.58. The number of hydrogen-bond acceptors (Lipinski definition) is 1. The maximum atomic E-state index is 10.2. The summed E-state index contributed by atoms with van der Waals surface area (Å²) >= 11 is 5.69.